The summed E-state index contributed by atoms with van der Waals surface area (Å²) in [5.74, 6) is 1.58. The van der Waals surface area contributed by atoms with Crippen molar-refractivity contribution in [3.05, 3.63) is 42.0 Å². The number of aryl methyl sites for hydroxylation is 1. The van der Waals surface area contributed by atoms with E-state index in [9.17, 15) is 8.42 Å². The molecule has 0 unspecified atom stereocenters. The Morgan fingerprint density at radius 3 is 1.96 bits per heavy atom. The van der Waals surface area contributed by atoms with E-state index in [0.29, 0.717) is 22.9 Å². The Kier molecular flexibility index (Phi) is 5.00. The van der Waals surface area contributed by atoms with Gasteiger partial charge in [0.1, 0.15) is 5.75 Å². The van der Waals surface area contributed by atoms with Gasteiger partial charge in [0.15, 0.2) is 11.5 Å². The van der Waals surface area contributed by atoms with Gasteiger partial charge in [0.2, 0.25) is 0 Å². The summed E-state index contributed by atoms with van der Waals surface area (Å²) in [4.78, 5) is 0.146. The van der Waals surface area contributed by atoms with Crippen molar-refractivity contribution in [2.45, 2.75) is 11.8 Å². The molecular formula is C16H19NO5S. The maximum Gasteiger partial charge on any atom is 0.261 e. The van der Waals surface area contributed by atoms with Crippen LogP contribution in [0.3, 0.4) is 0 Å². The molecule has 0 atom stereocenters. The lowest BCUT2D eigenvalue weighted by atomic mass is 10.2. The first-order valence-corrected chi connectivity index (χ1v) is 8.29. The van der Waals surface area contributed by atoms with Crippen molar-refractivity contribution in [2.24, 2.45) is 0 Å². The first-order valence-electron chi connectivity index (χ1n) is 6.80. The molecule has 0 saturated heterocycles. The Morgan fingerprint density at radius 1 is 0.870 bits per heavy atom. The van der Waals surface area contributed by atoms with Gasteiger partial charge < -0.3 is 14.2 Å². The van der Waals surface area contributed by atoms with E-state index >= 15 is 0 Å². The minimum absolute atomic E-state index is 0.146. The summed E-state index contributed by atoms with van der Waals surface area (Å²) in [6.45, 7) is 1.79. The van der Waals surface area contributed by atoms with Crippen LogP contribution in [0.2, 0.25) is 0 Å². The number of rotatable bonds is 6. The van der Waals surface area contributed by atoms with Crippen LogP contribution in [0, 0.1) is 6.92 Å². The Balaban J connectivity index is 2.36. The normalized spacial score (nSPS) is 11.0. The molecule has 0 aliphatic rings. The van der Waals surface area contributed by atoms with E-state index in [1.165, 1.54) is 33.5 Å². The highest BCUT2D eigenvalue weighted by Crippen LogP contribution is 2.34. The lowest BCUT2D eigenvalue weighted by molar-refractivity contribution is 0.355. The predicted octanol–water partition coefficient (Wildman–Crippen LogP) is 2.82. The third kappa shape index (κ3) is 3.68. The molecular weight excluding hydrogens is 318 g/mol. The first-order chi connectivity index (χ1) is 10.9. The Bertz CT molecular complexity index is 785. The Hall–Kier alpha value is -2.41. The first kappa shape index (κ1) is 17.0. The van der Waals surface area contributed by atoms with Crippen LogP contribution in [-0.2, 0) is 10.0 Å². The highest BCUT2D eigenvalue weighted by atomic mass is 32.2. The highest BCUT2D eigenvalue weighted by Gasteiger charge is 2.17. The van der Waals surface area contributed by atoms with E-state index in [0.717, 1.165) is 5.56 Å². The topological polar surface area (TPSA) is 73.9 Å². The van der Waals surface area contributed by atoms with E-state index < -0.39 is 10.0 Å². The van der Waals surface area contributed by atoms with Crippen molar-refractivity contribution in [1.82, 2.24) is 0 Å². The molecule has 0 amide bonds. The lowest BCUT2D eigenvalue weighted by Gasteiger charge is -2.14. The zero-order valence-electron chi connectivity index (χ0n) is 13.4. The zero-order chi connectivity index (χ0) is 17.0. The SMILES string of the molecule is COc1ccc(S(=O)(=O)Nc2cc(OC)c(OC)cc2C)cc1. The van der Waals surface area contributed by atoms with Crippen LogP contribution in [0.5, 0.6) is 17.2 Å². The zero-order valence-corrected chi connectivity index (χ0v) is 14.2. The molecule has 2 aromatic carbocycles. The van der Waals surface area contributed by atoms with Crippen molar-refractivity contribution in [3.8, 4) is 17.2 Å². The van der Waals surface area contributed by atoms with Gasteiger partial charge in [0.25, 0.3) is 10.0 Å². The molecule has 0 heterocycles. The fourth-order valence-electron chi connectivity index (χ4n) is 2.05. The molecule has 2 rings (SSSR count). The monoisotopic (exact) mass is 337 g/mol. The smallest absolute Gasteiger partial charge is 0.261 e. The summed E-state index contributed by atoms with van der Waals surface area (Å²) >= 11 is 0. The predicted molar refractivity (Wildman–Crippen MR) is 88.1 cm³/mol. The minimum atomic E-state index is -3.71. The van der Waals surface area contributed by atoms with Crippen LogP contribution in [-0.4, -0.2) is 29.7 Å². The summed E-state index contributed by atoms with van der Waals surface area (Å²) in [6, 6.07) is 9.46. The van der Waals surface area contributed by atoms with E-state index in [4.69, 9.17) is 14.2 Å². The number of benzene rings is 2. The van der Waals surface area contributed by atoms with Crippen molar-refractivity contribution >= 4 is 15.7 Å². The fourth-order valence-corrected chi connectivity index (χ4v) is 3.17. The summed E-state index contributed by atoms with van der Waals surface area (Å²) in [5.41, 5.74) is 1.15. The molecule has 2 aromatic rings. The second-order valence-corrected chi connectivity index (χ2v) is 6.49. The van der Waals surface area contributed by atoms with Crippen LogP contribution in [0.4, 0.5) is 5.69 Å². The van der Waals surface area contributed by atoms with Crippen LogP contribution in [0.15, 0.2) is 41.3 Å². The number of methoxy groups -OCH3 is 3. The Morgan fingerprint density at radius 2 is 1.43 bits per heavy atom. The molecule has 0 aromatic heterocycles. The molecule has 1 N–H and O–H groups in total. The minimum Gasteiger partial charge on any atom is -0.497 e. The number of nitrogens with one attached hydrogen (secondary N) is 1. The van der Waals surface area contributed by atoms with Gasteiger partial charge in [-0.25, -0.2) is 8.42 Å². The molecule has 0 radical (unpaired) electrons. The van der Waals surface area contributed by atoms with Gasteiger partial charge in [-0.2, -0.15) is 0 Å². The highest BCUT2D eigenvalue weighted by molar-refractivity contribution is 7.92. The summed E-state index contributed by atoms with van der Waals surface area (Å²) in [7, 11) is 0.837. The average Bonchev–Trinajstić information content (AvgIpc) is 2.56. The fraction of sp³-hybridized carbons (Fsp3) is 0.250. The summed E-state index contributed by atoms with van der Waals surface area (Å²) in [5, 5.41) is 0. The van der Waals surface area contributed by atoms with E-state index in [1.54, 1.807) is 31.2 Å². The van der Waals surface area contributed by atoms with Gasteiger partial charge in [0, 0.05) is 6.07 Å². The maximum atomic E-state index is 12.5. The van der Waals surface area contributed by atoms with Gasteiger partial charge in [0.05, 0.1) is 31.9 Å². The molecule has 0 fully saturated rings. The standard InChI is InChI=1S/C16H19NO5S/c1-11-9-15(21-3)16(22-4)10-14(11)17-23(18,19)13-7-5-12(20-2)6-8-13/h5-10,17H,1-4H3. The van der Waals surface area contributed by atoms with Gasteiger partial charge >= 0.3 is 0 Å². The largest absolute Gasteiger partial charge is 0.497 e. The number of hydrogen-bond acceptors (Lipinski definition) is 5. The molecule has 0 aliphatic heterocycles. The van der Waals surface area contributed by atoms with Gasteiger partial charge in [-0.05, 0) is 42.8 Å². The third-order valence-electron chi connectivity index (χ3n) is 3.34. The van der Waals surface area contributed by atoms with Gasteiger partial charge in [-0.3, -0.25) is 4.72 Å². The second kappa shape index (κ2) is 6.78. The van der Waals surface area contributed by atoms with Crippen molar-refractivity contribution < 1.29 is 22.6 Å². The Labute approximate surface area is 136 Å². The van der Waals surface area contributed by atoms with E-state index in [-0.39, 0.29) is 4.90 Å². The third-order valence-corrected chi connectivity index (χ3v) is 4.73. The van der Waals surface area contributed by atoms with Crippen molar-refractivity contribution in [2.75, 3.05) is 26.1 Å². The van der Waals surface area contributed by atoms with Crippen LogP contribution < -0.4 is 18.9 Å². The quantitative estimate of drug-likeness (QED) is 0.877. The number of ether oxygens (including phenoxy) is 3. The molecule has 0 bridgehead atoms. The molecule has 7 heteroatoms. The second-order valence-electron chi connectivity index (χ2n) is 4.80. The van der Waals surface area contributed by atoms with Gasteiger partial charge in [-0.15, -0.1) is 0 Å². The molecule has 124 valence electrons. The van der Waals surface area contributed by atoms with Crippen LogP contribution in [0.1, 0.15) is 5.56 Å². The van der Waals surface area contributed by atoms with Gasteiger partial charge in [-0.1, -0.05) is 0 Å². The number of hydrogen-bond donors (Lipinski definition) is 1. The van der Waals surface area contributed by atoms with Crippen LogP contribution in [0.25, 0.3) is 0 Å². The summed E-state index contributed by atoms with van der Waals surface area (Å²) < 4.78 is 43.0. The lowest BCUT2D eigenvalue weighted by Crippen LogP contribution is -2.14. The van der Waals surface area contributed by atoms with Crippen LogP contribution >= 0.6 is 0 Å². The van der Waals surface area contributed by atoms with Crippen molar-refractivity contribution in [3.63, 3.8) is 0 Å². The molecule has 0 aliphatic carbocycles. The molecule has 23 heavy (non-hydrogen) atoms. The maximum absolute atomic E-state index is 12.5. The average molecular weight is 337 g/mol. The molecule has 6 nitrogen and oxygen atoms in total. The number of sulfonamides is 1. The number of anilines is 1. The summed E-state index contributed by atoms with van der Waals surface area (Å²) in [6.07, 6.45) is 0. The molecule has 0 saturated carbocycles. The van der Waals surface area contributed by atoms with E-state index in [2.05, 4.69) is 4.72 Å². The van der Waals surface area contributed by atoms with Crippen molar-refractivity contribution in [1.29, 1.82) is 0 Å². The molecule has 0 spiro atoms. The van der Waals surface area contributed by atoms with E-state index in [1.807, 2.05) is 0 Å².